The first-order valence-electron chi connectivity index (χ1n) is 7.57. The van der Waals surface area contributed by atoms with Gasteiger partial charge in [-0.05, 0) is 31.9 Å². The molecule has 3 atom stereocenters. The number of hydrogen-bond acceptors (Lipinski definition) is 4. The number of aliphatic hydroxyl groups excluding tert-OH is 1. The van der Waals surface area contributed by atoms with Gasteiger partial charge >= 0.3 is 0 Å². The maximum absolute atomic E-state index is 12.9. The van der Waals surface area contributed by atoms with Crippen LogP contribution in [0.3, 0.4) is 0 Å². The molecule has 118 valence electrons. The molecule has 0 radical (unpaired) electrons. The van der Waals surface area contributed by atoms with Crippen molar-refractivity contribution in [2.45, 2.75) is 68.5 Å². The maximum atomic E-state index is 12.9. The molecule has 0 aromatic heterocycles. The molecule has 0 spiro atoms. The minimum absolute atomic E-state index is 0.222. The molecule has 1 heterocycles. The van der Waals surface area contributed by atoms with Gasteiger partial charge in [0.2, 0.25) is 14.8 Å². The van der Waals surface area contributed by atoms with Crippen molar-refractivity contribution in [3.8, 4) is 0 Å². The summed E-state index contributed by atoms with van der Waals surface area (Å²) < 4.78 is 31.4. The largest absolute Gasteiger partial charge is 0.389 e. The average molecular weight is 312 g/mol. The highest BCUT2D eigenvalue weighted by Crippen LogP contribution is 2.50. The molecular weight excluding hydrogens is 288 g/mol. The van der Waals surface area contributed by atoms with E-state index in [1.165, 1.54) is 0 Å². The molecule has 1 aromatic carbocycles. The molecule has 1 aromatic rings. The highest BCUT2D eigenvalue weighted by Gasteiger charge is 2.69. The Bertz CT molecular complexity index is 579. The molecule has 5 heteroatoms. The Morgan fingerprint density at radius 2 is 1.90 bits per heavy atom. The van der Waals surface area contributed by atoms with Crippen LogP contribution in [0.25, 0.3) is 0 Å². The van der Waals surface area contributed by atoms with Crippen LogP contribution in [0.4, 0.5) is 0 Å². The van der Waals surface area contributed by atoms with Gasteiger partial charge in [-0.2, -0.15) is 0 Å². The Morgan fingerprint density at radius 1 is 1.29 bits per heavy atom. The lowest BCUT2D eigenvalue weighted by Gasteiger charge is -2.19. The normalized spacial score (nSPS) is 26.6. The predicted molar refractivity (Wildman–Crippen MR) is 81.8 cm³/mol. The quantitative estimate of drug-likeness (QED) is 0.786. The van der Waals surface area contributed by atoms with Crippen molar-refractivity contribution in [1.82, 2.24) is 0 Å². The van der Waals surface area contributed by atoms with Crippen molar-refractivity contribution < 1.29 is 18.3 Å². The highest BCUT2D eigenvalue weighted by atomic mass is 32.2. The summed E-state index contributed by atoms with van der Waals surface area (Å²) in [6.45, 7) is 5.73. The van der Waals surface area contributed by atoms with E-state index >= 15 is 0 Å². The molecule has 0 aliphatic carbocycles. The first-order chi connectivity index (χ1) is 9.90. The zero-order valence-corrected chi connectivity index (χ0v) is 13.7. The van der Waals surface area contributed by atoms with Crippen LogP contribution in [0.2, 0.25) is 0 Å². The molecule has 4 nitrogen and oxygen atoms in total. The Hall–Kier alpha value is -0.910. The molecule has 0 amide bonds. The fourth-order valence-corrected chi connectivity index (χ4v) is 4.83. The molecule has 0 saturated carbocycles. The number of rotatable bonds is 7. The van der Waals surface area contributed by atoms with Crippen molar-refractivity contribution in [3.05, 3.63) is 29.8 Å². The fraction of sp³-hybridized carbons (Fsp3) is 0.625. The van der Waals surface area contributed by atoms with E-state index in [-0.39, 0.29) is 4.90 Å². The van der Waals surface area contributed by atoms with Gasteiger partial charge in [-0.1, -0.05) is 44.4 Å². The van der Waals surface area contributed by atoms with E-state index < -0.39 is 27.0 Å². The number of sulfone groups is 1. The Labute approximate surface area is 127 Å². The number of hydrogen-bond donors (Lipinski definition) is 1. The predicted octanol–water partition coefficient (Wildman–Crippen LogP) is 2.82. The van der Waals surface area contributed by atoms with Crippen LogP contribution in [0.5, 0.6) is 0 Å². The van der Waals surface area contributed by atoms with Gasteiger partial charge in [-0.3, -0.25) is 0 Å². The summed E-state index contributed by atoms with van der Waals surface area (Å²) in [6, 6.07) is 6.71. The summed E-state index contributed by atoms with van der Waals surface area (Å²) in [5, 5.41) is 10.3. The third kappa shape index (κ3) is 2.74. The van der Waals surface area contributed by atoms with Crippen LogP contribution < -0.4 is 0 Å². The SMILES string of the molecule is CCCC[C@H]1O[C@]1([C@@H](O)CC)S(=O)(=O)c1ccc(C)cc1. The van der Waals surface area contributed by atoms with E-state index in [0.29, 0.717) is 12.8 Å². The van der Waals surface area contributed by atoms with Crippen LogP contribution in [-0.2, 0) is 14.6 Å². The number of unbranched alkanes of at least 4 members (excludes halogenated alkanes) is 1. The van der Waals surface area contributed by atoms with E-state index in [2.05, 4.69) is 6.92 Å². The van der Waals surface area contributed by atoms with E-state index in [0.717, 1.165) is 18.4 Å². The zero-order valence-electron chi connectivity index (χ0n) is 12.9. The third-order valence-corrected chi connectivity index (χ3v) is 6.50. The first-order valence-corrected chi connectivity index (χ1v) is 9.05. The Kier molecular flexibility index (Phi) is 4.76. The number of epoxide rings is 1. The standard InChI is InChI=1S/C16H24O4S/c1-4-6-7-15-16(20-15,14(17)5-2)21(18,19)13-10-8-12(3)9-11-13/h8-11,14-15,17H,4-7H2,1-3H3/t14-,15+,16+/m0/s1. The average Bonchev–Trinajstić information content (AvgIpc) is 3.21. The summed E-state index contributed by atoms with van der Waals surface area (Å²) in [6.07, 6.45) is 1.49. The van der Waals surface area contributed by atoms with Crippen LogP contribution in [0.15, 0.2) is 29.2 Å². The van der Waals surface area contributed by atoms with E-state index in [1.807, 2.05) is 6.92 Å². The van der Waals surface area contributed by atoms with Crippen LogP contribution in [0.1, 0.15) is 45.1 Å². The minimum atomic E-state index is -3.71. The van der Waals surface area contributed by atoms with Gasteiger partial charge in [0.05, 0.1) is 4.90 Å². The van der Waals surface area contributed by atoms with Gasteiger partial charge in [0.15, 0.2) is 0 Å². The Balaban J connectivity index is 2.36. The lowest BCUT2D eigenvalue weighted by atomic mass is 10.1. The summed E-state index contributed by atoms with van der Waals surface area (Å²) in [5.41, 5.74) is 0.998. The van der Waals surface area contributed by atoms with Crippen molar-refractivity contribution in [3.63, 3.8) is 0 Å². The third-order valence-electron chi connectivity index (χ3n) is 4.14. The number of aliphatic hydroxyl groups is 1. The van der Waals surface area contributed by atoms with Crippen molar-refractivity contribution >= 4 is 9.84 Å². The van der Waals surface area contributed by atoms with Gasteiger partial charge in [0.1, 0.15) is 12.2 Å². The van der Waals surface area contributed by atoms with Crippen LogP contribution in [-0.4, -0.2) is 30.7 Å². The minimum Gasteiger partial charge on any atom is -0.389 e. The lowest BCUT2D eigenvalue weighted by molar-refractivity contribution is 0.111. The van der Waals surface area contributed by atoms with Gasteiger partial charge in [0, 0.05) is 0 Å². The number of benzene rings is 1. The molecule has 0 bridgehead atoms. The van der Waals surface area contributed by atoms with Crippen LogP contribution >= 0.6 is 0 Å². The molecule has 1 saturated heterocycles. The summed E-state index contributed by atoms with van der Waals surface area (Å²) >= 11 is 0. The van der Waals surface area contributed by atoms with Crippen molar-refractivity contribution in [1.29, 1.82) is 0 Å². The van der Waals surface area contributed by atoms with Crippen molar-refractivity contribution in [2.24, 2.45) is 0 Å². The summed E-state index contributed by atoms with van der Waals surface area (Å²) in [7, 11) is -3.71. The fourth-order valence-electron chi connectivity index (χ4n) is 2.73. The Morgan fingerprint density at radius 3 is 2.43 bits per heavy atom. The molecular formula is C16H24O4S. The van der Waals surface area contributed by atoms with E-state index in [9.17, 15) is 13.5 Å². The van der Waals surface area contributed by atoms with Crippen LogP contribution in [0, 0.1) is 6.92 Å². The molecule has 1 fully saturated rings. The molecule has 1 N–H and O–H groups in total. The topological polar surface area (TPSA) is 66.9 Å². The second-order valence-corrected chi connectivity index (χ2v) is 7.83. The molecule has 21 heavy (non-hydrogen) atoms. The van der Waals surface area contributed by atoms with Gasteiger partial charge in [-0.15, -0.1) is 0 Å². The van der Waals surface area contributed by atoms with Gasteiger partial charge in [-0.25, -0.2) is 8.42 Å². The summed E-state index contributed by atoms with van der Waals surface area (Å²) in [5.74, 6) is 0. The lowest BCUT2D eigenvalue weighted by Crippen LogP contribution is -2.40. The molecule has 0 unspecified atom stereocenters. The smallest absolute Gasteiger partial charge is 0.225 e. The maximum Gasteiger partial charge on any atom is 0.225 e. The molecule has 1 aliphatic rings. The van der Waals surface area contributed by atoms with Gasteiger partial charge in [0.25, 0.3) is 0 Å². The molecule has 1 aliphatic heterocycles. The van der Waals surface area contributed by atoms with E-state index in [1.54, 1.807) is 31.2 Å². The summed E-state index contributed by atoms with van der Waals surface area (Å²) in [4.78, 5) is -1.23. The van der Waals surface area contributed by atoms with Crippen molar-refractivity contribution in [2.75, 3.05) is 0 Å². The highest BCUT2D eigenvalue weighted by molar-refractivity contribution is 7.93. The van der Waals surface area contributed by atoms with Gasteiger partial charge < -0.3 is 9.84 Å². The number of ether oxygens (including phenoxy) is 1. The van der Waals surface area contributed by atoms with E-state index in [4.69, 9.17) is 4.74 Å². The first kappa shape index (κ1) is 16.5. The monoisotopic (exact) mass is 312 g/mol. The number of aryl methyl sites for hydroxylation is 1. The second kappa shape index (κ2) is 6.07. The second-order valence-electron chi connectivity index (χ2n) is 5.71. The molecule has 2 rings (SSSR count). The zero-order chi connectivity index (χ0) is 15.7.